The quantitative estimate of drug-likeness (QED) is 0.334. The summed E-state index contributed by atoms with van der Waals surface area (Å²) in [6.45, 7) is -0.502. The Balaban J connectivity index is 1.24. The van der Waals surface area contributed by atoms with Crippen molar-refractivity contribution in [3.05, 3.63) is 48.1 Å². The van der Waals surface area contributed by atoms with E-state index in [2.05, 4.69) is 25.5 Å². The number of nitrogens with zero attached hydrogens (tertiary/aromatic N) is 7. The molecular formula is C27H28F4N8O2. The number of carbonyl (C=O) groups is 1. The van der Waals surface area contributed by atoms with Crippen molar-refractivity contribution < 1.29 is 26.9 Å². The summed E-state index contributed by atoms with van der Waals surface area (Å²) < 4.78 is 63.6. The number of piperidine rings is 1. The molecule has 0 bridgehead atoms. The predicted octanol–water partition coefficient (Wildman–Crippen LogP) is 4.15. The van der Waals surface area contributed by atoms with E-state index in [-0.39, 0.29) is 53.8 Å². The van der Waals surface area contributed by atoms with Crippen LogP contribution in [0, 0.1) is 5.92 Å². The van der Waals surface area contributed by atoms with Crippen LogP contribution in [0.2, 0.25) is 0 Å². The van der Waals surface area contributed by atoms with Gasteiger partial charge in [-0.15, -0.1) is 0 Å². The average Bonchev–Trinajstić information content (AvgIpc) is 3.18. The number of aliphatic imine (C=N–C) groups is 1. The van der Waals surface area contributed by atoms with Gasteiger partial charge in [0.05, 0.1) is 35.4 Å². The van der Waals surface area contributed by atoms with Crippen molar-refractivity contribution in [2.45, 2.75) is 44.2 Å². The Morgan fingerprint density at radius 2 is 2.10 bits per heavy atom. The zero-order valence-electron chi connectivity index (χ0n) is 22.4. The smallest absolute Gasteiger partial charge is 0.347 e. The van der Waals surface area contributed by atoms with E-state index in [1.54, 1.807) is 29.1 Å². The summed E-state index contributed by atoms with van der Waals surface area (Å²) in [5.74, 6) is -0.267. The van der Waals surface area contributed by atoms with Gasteiger partial charge in [0.15, 0.2) is 6.17 Å². The highest BCUT2D eigenvalue weighted by atomic mass is 19.4. The second-order valence-corrected chi connectivity index (χ2v) is 10.6. The highest BCUT2D eigenvalue weighted by molar-refractivity contribution is 5.99. The molecule has 1 aliphatic heterocycles. The van der Waals surface area contributed by atoms with E-state index in [4.69, 9.17) is 4.52 Å². The topological polar surface area (TPSA) is 106 Å². The van der Waals surface area contributed by atoms with E-state index < -0.39 is 18.9 Å². The number of amides is 1. The van der Waals surface area contributed by atoms with Crippen LogP contribution >= 0.6 is 0 Å². The molecule has 2 aliphatic rings. The molecule has 14 heteroatoms. The van der Waals surface area contributed by atoms with Gasteiger partial charge in [-0.1, -0.05) is 11.2 Å². The molecular weight excluding hydrogens is 544 g/mol. The Hall–Kier alpha value is -4.07. The number of hydrogen-bond acceptors (Lipinski definition) is 7. The molecule has 0 spiro atoms. The molecule has 1 aliphatic carbocycles. The fourth-order valence-corrected chi connectivity index (χ4v) is 5.32. The minimum absolute atomic E-state index is 0.0582. The third kappa shape index (κ3) is 5.73. The molecule has 10 nitrogen and oxygen atoms in total. The molecule has 1 saturated carbocycles. The molecule has 3 atom stereocenters. The van der Waals surface area contributed by atoms with Crippen LogP contribution in [0.5, 0.6) is 0 Å². The number of nitrogens with one attached hydrogen (secondary N) is 1. The first-order chi connectivity index (χ1) is 19.6. The molecule has 4 heterocycles. The minimum Gasteiger partial charge on any atom is -0.347 e. The van der Waals surface area contributed by atoms with Gasteiger partial charge in [0.1, 0.15) is 6.54 Å². The van der Waals surface area contributed by atoms with E-state index in [1.807, 2.05) is 25.2 Å². The second kappa shape index (κ2) is 10.4. The van der Waals surface area contributed by atoms with Gasteiger partial charge in [0.2, 0.25) is 17.6 Å². The summed E-state index contributed by atoms with van der Waals surface area (Å²) >= 11 is 0. The van der Waals surface area contributed by atoms with Crippen LogP contribution in [-0.2, 0) is 24.9 Å². The summed E-state index contributed by atoms with van der Waals surface area (Å²) in [6, 6.07) is 6.30. The van der Waals surface area contributed by atoms with E-state index in [0.29, 0.717) is 36.2 Å². The van der Waals surface area contributed by atoms with Gasteiger partial charge in [-0.05, 0) is 43.1 Å². The van der Waals surface area contributed by atoms with Crippen molar-refractivity contribution in [3.63, 3.8) is 0 Å². The number of alkyl halides is 4. The van der Waals surface area contributed by atoms with Crippen molar-refractivity contribution in [2.24, 2.45) is 18.0 Å². The van der Waals surface area contributed by atoms with Crippen molar-refractivity contribution in [1.82, 2.24) is 34.7 Å². The maximum atomic E-state index is 14.7. The standard InChI is InChI=1S/C27H28F4N8O2/c1-37-7-6-21(19(28)13-37)34-20-4-3-5-22-18(20)9-23(39(22)14-27(29,30)31)25-35-24(41-36-25)11-32-26(40)17-8-16(17)15-10-33-38(2)12-15/h3-5,9-10,12,16-17,19H,6-8,11,13-14H2,1-2H3,(H,32,40)/b34-21+/t16-,17+,19-/m0/s1. The molecule has 0 radical (unpaired) electrons. The van der Waals surface area contributed by atoms with E-state index >= 15 is 0 Å². The number of halogens is 4. The van der Waals surface area contributed by atoms with Crippen LogP contribution < -0.4 is 5.32 Å². The monoisotopic (exact) mass is 572 g/mol. The zero-order chi connectivity index (χ0) is 28.9. The molecule has 1 aromatic carbocycles. The minimum atomic E-state index is -4.53. The Morgan fingerprint density at radius 3 is 2.83 bits per heavy atom. The lowest BCUT2D eigenvalue weighted by Gasteiger charge is -2.26. The fraction of sp³-hybridized carbons (Fsp3) is 0.444. The third-order valence-corrected chi connectivity index (χ3v) is 7.50. The molecule has 6 rings (SSSR count). The van der Waals surface area contributed by atoms with Crippen LogP contribution in [0.25, 0.3) is 22.4 Å². The molecule has 3 aromatic heterocycles. The Morgan fingerprint density at radius 1 is 1.27 bits per heavy atom. The van der Waals surface area contributed by atoms with Crippen LogP contribution in [0.3, 0.4) is 0 Å². The summed E-state index contributed by atoms with van der Waals surface area (Å²) in [5.41, 5.74) is 2.06. The van der Waals surface area contributed by atoms with Gasteiger partial charge in [-0.25, -0.2) is 4.39 Å². The highest BCUT2D eigenvalue weighted by Gasteiger charge is 2.44. The van der Waals surface area contributed by atoms with E-state index in [0.717, 1.165) is 10.1 Å². The highest BCUT2D eigenvalue weighted by Crippen LogP contribution is 2.47. The van der Waals surface area contributed by atoms with Gasteiger partial charge in [0, 0.05) is 44.1 Å². The second-order valence-electron chi connectivity index (χ2n) is 10.6. The van der Waals surface area contributed by atoms with Crippen molar-refractivity contribution >= 4 is 28.2 Å². The summed E-state index contributed by atoms with van der Waals surface area (Å²) in [4.78, 5) is 23.3. The number of fused-ring (bicyclic) bond motifs is 1. The predicted molar refractivity (Wildman–Crippen MR) is 141 cm³/mol. The SMILES string of the molecule is CN1CC/C(=N\c2cccc3c2cc(-c2noc(CNC(=O)[C@@H]4C[C@H]4c4cnn(C)c4)n2)n3CC(F)(F)F)[C@@H](F)C1. The number of aromatic nitrogens is 5. The Labute approximate surface area is 232 Å². The van der Waals surface area contributed by atoms with Crippen molar-refractivity contribution in [1.29, 1.82) is 0 Å². The van der Waals surface area contributed by atoms with Gasteiger partial charge in [-0.2, -0.15) is 23.3 Å². The molecule has 216 valence electrons. The number of hydrogen-bond donors (Lipinski definition) is 1. The van der Waals surface area contributed by atoms with Crippen molar-refractivity contribution in [2.75, 3.05) is 20.1 Å². The van der Waals surface area contributed by atoms with E-state index in [9.17, 15) is 22.4 Å². The molecule has 1 amide bonds. The third-order valence-electron chi connectivity index (χ3n) is 7.50. The number of likely N-dealkylation sites (tertiary alicyclic amines) is 1. The van der Waals surface area contributed by atoms with Gasteiger partial charge >= 0.3 is 6.18 Å². The molecule has 1 saturated heterocycles. The first kappa shape index (κ1) is 27.1. The summed E-state index contributed by atoms with van der Waals surface area (Å²) in [5, 5.41) is 11.2. The van der Waals surface area contributed by atoms with Crippen molar-refractivity contribution in [3.8, 4) is 11.5 Å². The maximum absolute atomic E-state index is 14.7. The summed E-state index contributed by atoms with van der Waals surface area (Å²) in [6.07, 6.45) is -1.04. The number of benzene rings is 1. The average molecular weight is 573 g/mol. The lowest BCUT2D eigenvalue weighted by Crippen LogP contribution is -2.39. The molecule has 41 heavy (non-hydrogen) atoms. The lowest BCUT2D eigenvalue weighted by atomic mass is 10.1. The van der Waals surface area contributed by atoms with Crippen LogP contribution in [-0.4, -0.2) is 73.5 Å². The van der Waals surface area contributed by atoms with Gasteiger partial charge in [-0.3, -0.25) is 14.5 Å². The van der Waals surface area contributed by atoms with E-state index in [1.165, 1.54) is 6.07 Å². The Bertz CT molecular complexity index is 1620. The largest absolute Gasteiger partial charge is 0.406 e. The number of rotatable bonds is 7. The Kier molecular flexibility index (Phi) is 6.88. The summed E-state index contributed by atoms with van der Waals surface area (Å²) in [7, 11) is 3.63. The molecule has 0 unspecified atom stereocenters. The van der Waals surface area contributed by atoms with Crippen LogP contribution in [0.15, 0.2) is 46.2 Å². The fourth-order valence-electron chi connectivity index (χ4n) is 5.32. The molecule has 2 fully saturated rings. The number of carbonyl (C=O) groups excluding carboxylic acids is 1. The van der Waals surface area contributed by atoms with Crippen LogP contribution in [0.1, 0.15) is 30.2 Å². The zero-order valence-corrected chi connectivity index (χ0v) is 22.4. The van der Waals surface area contributed by atoms with Gasteiger partial charge < -0.3 is 19.3 Å². The molecule has 4 aromatic rings. The normalized spacial score (nSPS) is 22.5. The lowest BCUT2D eigenvalue weighted by molar-refractivity contribution is -0.139. The first-order valence-corrected chi connectivity index (χ1v) is 13.2. The maximum Gasteiger partial charge on any atom is 0.406 e. The molecule has 1 N–H and O–H groups in total. The number of aryl methyl sites for hydroxylation is 1. The van der Waals surface area contributed by atoms with Crippen LogP contribution in [0.4, 0.5) is 23.2 Å². The first-order valence-electron chi connectivity index (χ1n) is 13.2. The van der Waals surface area contributed by atoms with Gasteiger partial charge in [0.25, 0.3) is 0 Å².